The fourth-order valence-corrected chi connectivity index (χ4v) is 2.66. The maximum atomic E-state index is 12.9. The molecule has 2 aromatic rings. The molecule has 1 amide bonds. The van der Waals surface area contributed by atoms with Gasteiger partial charge in [-0.25, -0.2) is 0 Å². The zero-order valence-electron chi connectivity index (χ0n) is 14.4. The quantitative estimate of drug-likeness (QED) is 0.807. The summed E-state index contributed by atoms with van der Waals surface area (Å²) in [6.07, 6.45) is 8.38. The Morgan fingerprint density at radius 2 is 2.09 bits per heavy atom. The van der Waals surface area contributed by atoms with Gasteiger partial charge in [0.2, 0.25) is 0 Å². The van der Waals surface area contributed by atoms with E-state index in [1.807, 2.05) is 50.2 Å². The molecule has 0 spiro atoms. The van der Waals surface area contributed by atoms with Crippen LogP contribution in [0.3, 0.4) is 0 Å². The van der Waals surface area contributed by atoms with E-state index in [1.165, 1.54) is 0 Å². The van der Waals surface area contributed by atoms with E-state index >= 15 is 0 Å². The predicted molar refractivity (Wildman–Crippen MR) is 92.3 cm³/mol. The van der Waals surface area contributed by atoms with Crippen LogP contribution in [0.5, 0.6) is 0 Å². The van der Waals surface area contributed by atoms with Crippen molar-refractivity contribution in [3.63, 3.8) is 0 Å². The van der Waals surface area contributed by atoms with Crippen molar-refractivity contribution in [2.75, 3.05) is 7.05 Å². The van der Waals surface area contributed by atoms with Crippen molar-refractivity contribution in [2.24, 2.45) is 0 Å². The molecule has 1 atom stereocenters. The number of hydrogen-bond acceptors (Lipinski definition) is 3. The lowest BCUT2D eigenvalue weighted by atomic mass is 10.0. The number of rotatable bonds is 6. The summed E-state index contributed by atoms with van der Waals surface area (Å²) in [5.41, 5.74) is 3.71. The zero-order valence-corrected chi connectivity index (χ0v) is 14.4. The molecule has 0 aromatic carbocycles. The van der Waals surface area contributed by atoms with Crippen LogP contribution in [-0.2, 0) is 0 Å². The summed E-state index contributed by atoms with van der Waals surface area (Å²) in [6, 6.07) is 5.92. The summed E-state index contributed by atoms with van der Waals surface area (Å²) in [4.78, 5) is 23.2. The third kappa shape index (κ3) is 4.15. The molecule has 0 saturated carbocycles. The van der Waals surface area contributed by atoms with Crippen molar-refractivity contribution in [3.05, 3.63) is 59.2 Å². The first-order valence-electron chi connectivity index (χ1n) is 8.15. The van der Waals surface area contributed by atoms with Gasteiger partial charge in [0.25, 0.3) is 5.91 Å². The molecule has 2 rings (SSSR count). The maximum absolute atomic E-state index is 12.9. The van der Waals surface area contributed by atoms with Gasteiger partial charge in [-0.05, 0) is 43.5 Å². The number of pyridine rings is 2. The van der Waals surface area contributed by atoms with Gasteiger partial charge < -0.3 is 4.90 Å². The lowest BCUT2D eigenvalue weighted by molar-refractivity contribution is 0.0719. The summed E-state index contributed by atoms with van der Waals surface area (Å²) in [6.45, 7) is 6.09. The van der Waals surface area contributed by atoms with Crippen LogP contribution >= 0.6 is 0 Å². The molecule has 2 aromatic heterocycles. The molecule has 0 saturated heterocycles. The fourth-order valence-electron chi connectivity index (χ4n) is 2.66. The molecule has 4 nitrogen and oxygen atoms in total. The topological polar surface area (TPSA) is 46.1 Å². The molecule has 0 fully saturated rings. The number of carbonyl (C=O) groups excluding carboxylic acids is 1. The van der Waals surface area contributed by atoms with E-state index in [4.69, 9.17) is 0 Å². The number of aromatic nitrogens is 2. The third-order valence-electron chi connectivity index (χ3n) is 4.28. The number of unbranched alkanes of at least 4 members (excludes halogenated alkanes) is 1. The van der Waals surface area contributed by atoms with E-state index in [9.17, 15) is 4.79 Å². The summed E-state index contributed by atoms with van der Waals surface area (Å²) >= 11 is 0. The molecule has 0 N–H and O–H groups in total. The highest BCUT2D eigenvalue weighted by Crippen LogP contribution is 2.26. The van der Waals surface area contributed by atoms with Crippen molar-refractivity contribution < 1.29 is 4.79 Å². The molecule has 0 bridgehead atoms. The molecule has 4 heteroatoms. The van der Waals surface area contributed by atoms with Crippen LogP contribution in [0, 0.1) is 13.8 Å². The normalized spacial score (nSPS) is 12.0. The van der Waals surface area contributed by atoms with Crippen molar-refractivity contribution in [1.82, 2.24) is 14.9 Å². The summed E-state index contributed by atoms with van der Waals surface area (Å²) in [7, 11) is 1.87. The lowest BCUT2D eigenvalue weighted by Crippen LogP contribution is -2.31. The van der Waals surface area contributed by atoms with Gasteiger partial charge >= 0.3 is 0 Å². The lowest BCUT2D eigenvalue weighted by Gasteiger charge is -2.28. The van der Waals surface area contributed by atoms with E-state index in [0.29, 0.717) is 5.56 Å². The minimum Gasteiger partial charge on any atom is -0.335 e. The van der Waals surface area contributed by atoms with Gasteiger partial charge in [0.1, 0.15) is 0 Å². The zero-order chi connectivity index (χ0) is 16.8. The Balaban J connectivity index is 2.26. The SMILES string of the molecule is CCCC[C@@H](c1cccnc1)N(C)C(=O)c1cnc(C)c(C)c1. The van der Waals surface area contributed by atoms with E-state index in [0.717, 1.165) is 36.1 Å². The third-order valence-corrected chi connectivity index (χ3v) is 4.28. The van der Waals surface area contributed by atoms with Crippen molar-refractivity contribution >= 4 is 5.91 Å². The van der Waals surface area contributed by atoms with Gasteiger partial charge in [0, 0.05) is 31.3 Å². The fraction of sp³-hybridized carbons (Fsp3) is 0.421. The Labute approximate surface area is 138 Å². The van der Waals surface area contributed by atoms with Gasteiger partial charge in [-0.2, -0.15) is 0 Å². The van der Waals surface area contributed by atoms with Crippen molar-refractivity contribution in [3.8, 4) is 0 Å². The minimum absolute atomic E-state index is 0.00514. The number of aryl methyl sites for hydroxylation is 2. The van der Waals surface area contributed by atoms with Gasteiger partial charge in [-0.3, -0.25) is 14.8 Å². The first-order valence-corrected chi connectivity index (χ1v) is 8.15. The second-order valence-corrected chi connectivity index (χ2v) is 5.99. The molecule has 2 heterocycles. The largest absolute Gasteiger partial charge is 0.335 e. The van der Waals surface area contributed by atoms with Gasteiger partial charge in [-0.15, -0.1) is 0 Å². The Morgan fingerprint density at radius 3 is 2.70 bits per heavy atom. The molecule has 122 valence electrons. The average Bonchev–Trinajstić information content (AvgIpc) is 2.58. The summed E-state index contributed by atoms with van der Waals surface area (Å²) in [5.74, 6) is 0.00514. The molecule has 0 aliphatic rings. The van der Waals surface area contributed by atoms with Gasteiger partial charge in [0.05, 0.1) is 11.6 Å². The summed E-state index contributed by atoms with van der Waals surface area (Å²) < 4.78 is 0. The van der Waals surface area contributed by atoms with Crippen LogP contribution < -0.4 is 0 Å². The van der Waals surface area contributed by atoms with Crippen LogP contribution in [0.1, 0.15) is 59.4 Å². The van der Waals surface area contributed by atoms with Crippen LogP contribution in [-0.4, -0.2) is 27.8 Å². The Bertz CT molecular complexity index is 655. The number of carbonyl (C=O) groups is 1. The first kappa shape index (κ1) is 17.1. The molecular formula is C19H25N3O. The highest BCUT2D eigenvalue weighted by molar-refractivity contribution is 5.94. The molecular weight excluding hydrogens is 286 g/mol. The predicted octanol–water partition coefficient (Wildman–Crippen LogP) is 4.10. The van der Waals surface area contributed by atoms with E-state index in [-0.39, 0.29) is 11.9 Å². The minimum atomic E-state index is 0.00514. The van der Waals surface area contributed by atoms with Gasteiger partial charge in [0.15, 0.2) is 0 Å². The van der Waals surface area contributed by atoms with Crippen LogP contribution in [0.25, 0.3) is 0 Å². The van der Waals surface area contributed by atoms with Gasteiger partial charge in [-0.1, -0.05) is 25.8 Å². The Kier molecular flexibility index (Phi) is 5.85. The first-order chi connectivity index (χ1) is 11.0. The van der Waals surface area contributed by atoms with Crippen molar-refractivity contribution in [2.45, 2.75) is 46.1 Å². The number of amides is 1. The standard InChI is InChI=1S/C19H25N3O/c1-5-6-9-18(16-8-7-10-20-12-16)22(4)19(23)17-11-14(2)15(3)21-13-17/h7-8,10-13,18H,5-6,9H2,1-4H3/t18-/m0/s1. The second kappa shape index (κ2) is 7.86. The second-order valence-electron chi connectivity index (χ2n) is 5.99. The maximum Gasteiger partial charge on any atom is 0.255 e. The van der Waals surface area contributed by atoms with Crippen LogP contribution in [0.4, 0.5) is 0 Å². The molecule has 23 heavy (non-hydrogen) atoms. The van der Waals surface area contributed by atoms with Crippen molar-refractivity contribution in [1.29, 1.82) is 0 Å². The molecule has 0 aliphatic carbocycles. The van der Waals surface area contributed by atoms with Crippen LogP contribution in [0.2, 0.25) is 0 Å². The average molecular weight is 311 g/mol. The highest BCUT2D eigenvalue weighted by Gasteiger charge is 2.23. The Morgan fingerprint density at radius 1 is 1.30 bits per heavy atom. The van der Waals surface area contributed by atoms with Crippen LogP contribution in [0.15, 0.2) is 36.8 Å². The van der Waals surface area contributed by atoms with E-state index < -0.39 is 0 Å². The summed E-state index contributed by atoms with van der Waals surface area (Å²) in [5, 5.41) is 0. The monoisotopic (exact) mass is 311 g/mol. The Hall–Kier alpha value is -2.23. The van der Waals surface area contributed by atoms with E-state index in [2.05, 4.69) is 16.9 Å². The molecule has 0 unspecified atom stereocenters. The number of nitrogens with zero attached hydrogens (tertiary/aromatic N) is 3. The number of hydrogen-bond donors (Lipinski definition) is 0. The molecule has 0 aliphatic heterocycles. The molecule has 0 radical (unpaired) electrons. The van der Waals surface area contributed by atoms with E-state index in [1.54, 1.807) is 12.4 Å². The smallest absolute Gasteiger partial charge is 0.255 e. The highest BCUT2D eigenvalue weighted by atomic mass is 16.2.